The van der Waals surface area contributed by atoms with Crippen molar-refractivity contribution in [2.24, 2.45) is 21.7 Å². The fourth-order valence-corrected chi connectivity index (χ4v) is 2.37. The van der Waals surface area contributed by atoms with Crippen molar-refractivity contribution in [1.82, 2.24) is 4.57 Å². The van der Waals surface area contributed by atoms with Crippen molar-refractivity contribution >= 4 is 51.3 Å². The number of aryl methyl sites for hydroxylation is 2. The molecule has 0 amide bonds. The van der Waals surface area contributed by atoms with E-state index >= 15 is 0 Å². The van der Waals surface area contributed by atoms with E-state index in [2.05, 4.69) is 24.3 Å². The maximum atomic E-state index is 5.62. The van der Waals surface area contributed by atoms with Gasteiger partial charge in [-0.1, -0.05) is 5.11 Å². The molecule has 10 heteroatoms. The zero-order valence-corrected chi connectivity index (χ0v) is 20.8. The first-order valence-corrected chi connectivity index (χ1v) is 8.33. The SMILES string of the molecule is Br.Br.CN(C)c1ccc(/N=N/c2n(CCCN)cc[n+]2CCCN)cc1.[Br-]. The Morgan fingerprint density at radius 2 is 1.63 bits per heavy atom. The van der Waals surface area contributed by atoms with Crippen LogP contribution in [0, 0.1) is 0 Å². The van der Waals surface area contributed by atoms with Crippen molar-refractivity contribution in [3.05, 3.63) is 36.7 Å². The molecule has 2 rings (SSSR count). The van der Waals surface area contributed by atoms with Crippen molar-refractivity contribution < 1.29 is 21.5 Å². The number of rotatable bonds is 9. The first-order valence-electron chi connectivity index (χ1n) is 8.33. The molecule has 1 aromatic heterocycles. The third-order valence-corrected chi connectivity index (χ3v) is 3.77. The highest BCUT2D eigenvalue weighted by atomic mass is 79.9. The van der Waals surface area contributed by atoms with Crippen LogP contribution in [0.5, 0.6) is 0 Å². The zero-order chi connectivity index (χ0) is 17.4. The second-order valence-corrected chi connectivity index (χ2v) is 5.88. The minimum absolute atomic E-state index is 0. The number of benzene rings is 1. The highest BCUT2D eigenvalue weighted by Gasteiger charge is 2.16. The Morgan fingerprint density at radius 3 is 2.19 bits per heavy atom. The normalized spacial score (nSPS) is 10.1. The summed E-state index contributed by atoms with van der Waals surface area (Å²) in [5, 5.41) is 8.86. The van der Waals surface area contributed by atoms with E-state index in [4.69, 9.17) is 11.5 Å². The van der Waals surface area contributed by atoms with E-state index in [1.54, 1.807) is 0 Å². The van der Waals surface area contributed by atoms with Gasteiger partial charge in [0.2, 0.25) is 0 Å². The molecule has 0 unspecified atom stereocenters. The molecular weight excluding hydrogens is 542 g/mol. The standard InChI is InChI=1S/C17H28N7.3BrH/c1-22(2)16-7-5-15(6-8-16)20-21-17-23(11-3-9-18)13-14-24(17)12-4-10-19;;;/h5-8,13-14H,3-4,9-12,18-19H2,1-2H3;3*1H/q+1;;;/p-1. The lowest BCUT2D eigenvalue weighted by molar-refractivity contribution is -0.683. The van der Waals surface area contributed by atoms with Crippen molar-refractivity contribution in [2.75, 3.05) is 32.1 Å². The number of nitrogens with two attached hydrogens (primary N) is 2. The summed E-state index contributed by atoms with van der Waals surface area (Å²) in [5.74, 6) is 0.827. The number of hydrogen-bond donors (Lipinski definition) is 2. The van der Waals surface area contributed by atoms with Crippen LogP contribution in [0.25, 0.3) is 0 Å². The van der Waals surface area contributed by atoms with Gasteiger partial charge in [-0.3, -0.25) is 0 Å². The van der Waals surface area contributed by atoms with E-state index in [1.807, 2.05) is 50.8 Å². The summed E-state index contributed by atoms with van der Waals surface area (Å²) in [6.07, 6.45) is 5.86. The third-order valence-electron chi connectivity index (χ3n) is 3.77. The Balaban J connectivity index is 0. The molecule has 0 atom stereocenters. The fourth-order valence-electron chi connectivity index (χ4n) is 2.37. The van der Waals surface area contributed by atoms with Crippen molar-refractivity contribution in [3.63, 3.8) is 0 Å². The molecule has 2 aromatic rings. The highest BCUT2D eigenvalue weighted by molar-refractivity contribution is 8.93. The number of aromatic nitrogens is 2. The minimum atomic E-state index is 0. The first-order chi connectivity index (χ1) is 11.7. The molecule has 7 nitrogen and oxygen atoms in total. The van der Waals surface area contributed by atoms with Crippen LogP contribution in [0.15, 0.2) is 46.9 Å². The van der Waals surface area contributed by atoms with Crippen molar-refractivity contribution in [3.8, 4) is 0 Å². The molecule has 0 saturated carbocycles. The minimum Gasteiger partial charge on any atom is -1.00 e. The monoisotopic (exact) mass is 569 g/mol. The molecule has 1 heterocycles. The van der Waals surface area contributed by atoms with Gasteiger partial charge in [0.1, 0.15) is 5.69 Å². The van der Waals surface area contributed by atoms with Gasteiger partial charge >= 0.3 is 5.95 Å². The maximum Gasteiger partial charge on any atom is 0.421 e. The summed E-state index contributed by atoms with van der Waals surface area (Å²) < 4.78 is 4.17. The molecule has 0 fully saturated rings. The first kappa shape index (κ1) is 28.4. The van der Waals surface area contributed by atoms with Gasteiger partial charge in [0.25, 0.3) is 0 Å². The molecule has 0 bridgehead atoms. The van der Waals surface area contributed by atoms with Gasteiger partial charge < -0.3 is 33.3 Å². The predicted octanol–water partition coefficient (Wildman–Crippen LogP) is 0.114. The van der Waals surface area contributed by atoms with Gasteiger partial charge in [0, 0.05) is 24.9 Å². The van der Waals surface area contributed by atoms with Gasteiger partial charge in [-0.05, 0) is 50.2 Å². The number of hydrogen-bond acceptors (Lipinski definition) is 5. The van der Waals surface area contributed by atoms with Crippen LogP contribution < -0.4 is 37.9 Å². The maximum absolute atomic E-state index is 5.62. The number of halogens is 3. The Hall–Kier alpha value is -0.810. The van der Waals surface area contributed by atoms with Crippen molar-refractivity contribution in [2.45, 2.75) is 25.9 Å². The van der Waals surface area contributed by atoms with Gasteiger partial charge in [-0.25, -0.2) is 9.13 Å². The van der Waals surface area contributed by atoms with Gasteiger partial charge in [-0.2, -0.15) is 0 Å². The van der Waals surface area contributed by atoms with Crippen LogP contribution >= 0.6 is 34.0 Å². The van der Waals surface area contributed by atoms with Gasteiger partial charge in [0.15, 0.2) is 0 Å². The quantitative estimate of drug-likeness (QED) is 0.331. The van der Waals surface area contributed by atoms with Crippen LogP contribution in [-0.4, -0.2) is 31.8 Å². The number of nitrogens with zero attached hydrogens (tertiary/aromatic N) is 5. The van der Waals surface area contributed by atoms with Crippen LogP contribution in [0.4, 0.5) is 17.3 Å². The molecule has 1 aromatic carbocycles. The molecular formula is C17H30Br3N7. The van der Waals surface area contributed by atoms with Crippen LogP contribution in [0.3, 0.4) is 0 Å². The Labute approximate surface area is 193 Å². The zero-order valence-electron chi connectivity index (χ0n) is 15.8. The average Bonchev–Trinajstić information content (AvgIpc) is 2.98. The molecule has 0 saturated heterocycles. The molecule has 0 radical (unpaired) electrons. The number of imidazole rings is 1. The smallest absolute Gasteiger partial charge is 0.421 e. The second-order valence-electron chi connectivity index (χ2n) is 5.88. The summed E-state index contributed by atoms with van der Waals surface area (Å²) >= 11 is 0. The summed E-state index contributed by atoms with van der Waals surface area (Å²) in [6, 6.07) is 8.00. The predicted molar refractivity (Wildman–Crippen MR) is 118 cm³/mol. The molecule has 0 aliphatic rings. The van der Waals surface area contributed by atoms with E-state index in [1.165, 1.54) is 0 Å². The topological polar surface area (TPSA) is 88.8 Å². The second kappa shape index (κ2) is 15.2. The Kier molecular flexibility index (Phi) is 15.9. The summed E-state index contributed by atoms with van der Waals surface area (Å²) in [7, 11) is 4.03. The fraction of sp³-hybridized carbons (Fsp3) is 0.471. The summed E-state index contributed by atoms with van der Waals surface area (Å²) in [6.45, 7) is 2.98. The molecule has 27 heavy (non-hydrogen) atoms. The van der Waals surface area contributed by atoms with E-state index < -0.39 is 0 Å². The van der Waals surface area contributed by atoms with E-state index in [-0.39, 0.29) is 50.9 Å². The molecule has 154 valence electrons. The van der Waals surface area contributed by atoms with Crippen LogP contribution in [0.1, 0.15) is 12.8 Å². The highest BCUT2D eigenvalue weighted by Crippen LogP contribution is 2.20. The lowest BCUT2D eigenvalue weighted by atomic mass is 10.3. The third kappa shape index (κ3) is 8.82. The molecule has 4 N–H and O–H groups in total. The van der Waals surface area contributed by atoms with Crippen molar-refractivity contribution in [1.29, 1.82) is 0 Å². The number of anilines is 1. The van der Waals surface area contributed by atoms with E-state index in [0.29, 0.717) is 13.1 Å². The average molecular weight is 572 g/mol. The lowest BCUT2D eigenvalue weighted by Crippen LogP contribution is -3.00. The Bertz CT molecular complexity index is 632. The lowest BCUT2D eigenvalue weighted by Gasteiger charge is -2.11. The molecule has 0 aliphatic heterocycles. The summed E-state index contributed by atoms with van der Waals surface area (Å²) in [5.41, 5.74) is 13.2. The number of azo groups is 1. The Morgan fingerprint density at radius 1 is 1.00 bits per heavy atom. The van der Waals surface area contributed by atoms with Crippen LogP contribution in [-0.2, 0) is 13.1 Å². The van der Waals surface area contributed by atoms with Gasteiger partial charge in [0.05, 0.1) is 25.5 Å². The van der Waals surface area contributed by atoms with E-state index in [9.17, 15) is 0 Å². The summed E-state index contributed by atoms with van der Waals surface area (Å²) in [4.78, 5) is 2.06. The van der Waals surface area contributed by atoms with E-state index in [0.717, 1.165) is 43.3 Å². The largest absolute Gasteiger partial charge is 1.00 e. The molecule has 0 aliphatic carbocycles. The molecule has 0 spiro atoms. The van der Waals surface area contributed by atoms with Gasteiger partial charge in [-0.15, -0.1) is 34.0 Å². The van der Waals surface area contributed by atoms with Crippen LogP contribution in [0.2, 0.25) is 0 Å².